The molecule has 0 aliphatic heterocycles. The van der Waals surface area contributed by atoms with E-state index in [1.54, 1.807) is 0 Å². The van der Waals surface area contributed by atoms with Crippen LogP contribution in [0.2, 0.25) is 0 Å². The van der Waals surface area contributed by atoms with Crippen LogP contribution in [0.3, 0.4) is 0 Å². The monoisotopic (exact) mass is 283 g/mol. The number of nitrogens with zero attached hydrogens (tertiary/aromatic N) is 1. The minimum atomic E-state index is -0.866. The van der Waals surface area contributed by atoms with Crippen molar-refractivity contribution in [3.63, 3.8) is 0 Å². The van der Waals surface area contributed by atoms with Crippen LogP contribution in [0.15, 0.2) is 12.2 Å². The zero-order chi connectivity index (χ0) is 15.5. The van der Waals surface area contributed by atoms with Crippen molar-refractivity contribution >= 4 is 5.97 Å². The lowest BCUT2D eigenvalue weighted by molar-refractivity contribution is -0.132. The molecule has 0 radical (unpaired) electrons. The fourth-order valence-electron chi connectivity index (χ4n) is 2.18. The summed E-state index contributed by atoms with van der Waals surface area (Å²) in [5, 5.41) is 8.87. The van der Waals surface area contributed by atoms with Crippen LogP contribution in [0, 0.1) is 11.8 Å². The Labute approximate surface area is 125 Å². The maximum atomic E-state index is 10.8. The van der Waals surface area contributed by atoms with E-state index in [-0.39, 0.29) is 0 Å². The van der Waals surface area contributed by atoms with Crippen LogP contribution in [-0.2, 0) is 4.79 Å². The zero-order valence-corrected chi connectivity index (χ0v) is 13.8. The van der Waals surface area contributed by atoms with Crippen LogP contribution in [0.4, 0.5) is 0 Å². The Balaban J connectivity index is 4.09. The van der Waals surface area contributed by atoms with Gasteiger partial charge in [-0.25, -0.2) is 4.79 Å². The molecule has 0 rings (SSSR count). The van der Waals surface area contributed by atoms with Crippen molar-refractivity contribution in [3.05, 3.63) is 12.2 Å². The van der Waals surface area contributed by atoms with Gasteiger partial charge >= 0.3 is 5.97 Å². The molecule has 0 unspecified atom stereocenters. The first-order chi connectivity index (χ1) is 9.32. The van der Waals surface area contributed by atoms with E-state index in [2.05, 4.69) is 39.2 Å². The van der Waals surface area contributed by atoms with Gasteiger partial charge in [0.05, 0.1) is 0 Å². The molecule has 0 aromatic carbocycles. The first kappa shape index (κ1) is 19.2. The van der Waals surface area contributed by atoms with Crippen molar-refractivity contribution in [2.75, 3.05) is 19.6 Å². The second-order valence-corrected chi connectivity index (χ2v) is 6.57. The minimum Gasteiger partial charge on any atom is -0.478 e. The molecule has 118 valence electrons. The lowest BCUT2D eigenvalue weighted by Gasteiger charge is -2.23. The molecule has 0 bridgehead atoms. The normalized spacial score (nSPS) is 11.6. The summed E-state index contributed by atoms with van der Waals surface area (Å²) in [6, 6.07) is 0. The summed E-state index contributed by atoms with van der Waals surface area (Å²) in [6.07, 6.45) is 5.43. The van der Waals surface area contributed by atoms with Crippen LogP contribution in [0.25, 0.3) is 0 Å². The van der Waals surface area contributed by atoms with Gasteiger partial charge in [0.1, 0.15) is 0 Å². The predicted molar refractivity (Wildman–Crippen MR) is 86.0 cm³/mol. The fourth-order valence-corrected chi connectivity index (χ4v) is 2.18. The number of hydrogen-bond donors (Lipinski definition) is 1. The Hall–Kier alpha value is -0.830. The molecule has 0 fully saturated rings. The number of rotatable bonds is 12. The van der Waals surface area contributed by atoms with E-state index in [1.807, 2.05) is 0 Å². The first-order valence-corrected chi connectivity index (χ1v) is 7.96. The van der Waals surface area contributed by atoms with Crippen molar-refractivity contribution in [1.29, 1.82) is 0 Å². The lowest BCUT2D eigenvalue weighted by Crippen LogP contribution is -2.28. The summed E-state index contributed by atoms with van der Waals surface area (Å²) in [4.78, 5) is 13.2. The maximum absolute atomic E-state index is 10.8. The zero-order valence-electron chi connectivity index (χ0n) is 13.8. The van der Waals surface area contributed by atoms with Crippen molar-refractivity contribution < 1.29 is 9.90 Å². The Kier molecular flexibility index (Phi) is 10.4. The molecule has 0 aromatic rings. The highest BCUT2D eigenvalue weighted by Crippen LogP contribution is 2.10. The third-order valence-electron chi connectivity index (χ3n) is 3.54. The second kappa shape index (κ2) is 10.9. The molecule has 1 N–H and O–H groups in total. The predicted octanol–water partition coefficient (Wildman–Crippen LogP) is 4.19. The Bertz CT molecular complexity index is 271. The van der Waals surface area contributed by atoms with Crippen molar-refractivity contribution in [2.45, 2.75) is 59.8 Å². The molecule has 20 heavy (non-hydrogen) atoms. The molecule has 3 nitrogen and oxygen atoms in total. The summed E-state index contributed by atoms with van der Waals surface area (Å²) >= 11 is 0. The van der Waals surface area contributed by atoms with Crippen molar-refractivity contribution in [1.82, 2.24) is 4.90 Å². The van der Waals surface area contributed by atoms with Crippen LogP contribution in [0.5, 0.6) is 0 Å². The van der Waals surface area contributed by atoms with E-state index < -0.39 is 5.97 Å². The van der Waals surface area contributed by atoms with Gasteiger partial charge in [-0.15, -0.1) is 0 Å². The highest BCUT2D eigenvalue weighted by Gasteiger charge is 2.09. The molecule has 0 amide bonds. The third kappa shape index (κ3) is 11.0. The summed E-state index contributed by atoms with van der Waals surface area (Å²) in [7, 11) is 0. The molecule has 0 saturated carbocycles. The average Bonchev–Trinajstić information content (AvgIpc) is 2.33. The topological polar surface area (TPSA) is 40.5 Å². The number of aliphatic carboxylic acids is 1. The van der Waals surface area contributed by atoms with Crippen LogP contribution >= 0.6 is 0 Å². The molecule has 0 aliphatic carbocycles. The van der Waals surface area contributed by atoms with Crippen LogP contribution in [-0.4, -0.2) is 35.6 Å². The number of carboxylic acids is 1. The van der Waals surface area contributed by atoms with Gasteiger partial charge in [0, 0.05) is 12.1 Å². The fraction of sp³-hybridized carbons (Fsp3) is 0.824. The Morgan fingerprint density at radius 3 is 1.80 bits per heavy atom. The quantitative estimate of drug-likeness (QED) is 0.546. The van der Waals surface area contributed by atoms with E-state index in [9.17, 15) is 4.79 Å². The van der Waals surface area contributed by atoms with Crippen molar-refractivity contribution in [2.24, 2.45) is 11.8 Å². The molecule has 0 saturated heterocycles. The first-order valence-electron chi connectivity index (χ1n) is 7.96. The molecular weight excluding hydrogens is 250 g/mol. The standard InChI is InChI=1S/C17H33NO2/c1-14(2)8-6-11-18(12-7-9-15(3)4)13-10-16(5)17(19)20/h14-15H,5-13H2,1-4H3,(H,19,20). The molecule has 0 heterocycles. The number of carbonyl (C=O) groups is 1. The van der Waals surface area contributed by atoms with E-state index in [4.69, 9.17) is 5.11 Å². The van der Waals surface area contributed by atoms with Gasteiger partial charge in [-0.05, 0) is 57.0 Å². The average molecular weight is 283 g/mol. The number of carboxylic acid groups (broad SMARTS) is 1. The Morgan fingerprint density at radius 1 is 1.00 bits per heavy atom. The van der Waals surface area contributed by atoms with Gasteiger partial charge < -0.3 is 10.0 Å². The van der Waals surface area contributed by atoms with E-state index >= 15 is 0 Å². The lowest BCUT2D eigenvalue weighted by atomic mass is 10.1. The van der Waals surface area contributed by atoms with Crippen LogP contribution in [0.1, 0.15) is 59.8 Å². The summed E-state index contributed by atoms with van der Waals surface area (Å²) < 4.78 is 0. The summed E-state index contributed by atoms with van der Waals surface area (Å²) in [5.41, 5.74) is 0.322. The SMILES string of the molecule is C=C(CCN(CCCC(C)C)CCCC(C)C)C(=O)O. The molecule has 3 heteroatoms. The van der Waals surface area contributed by atoms with Gasteiger partial charge in [0.25, 0.3) is 0 Å². The van der Waals surface area contributed by atoms with Gasteiger partial charge in [-0.3, -0.25) is 0 Å². The maximum Gasteiger partial charge on any atom is 0.331 e. The third-order valence-corrected chi connectivity index (χ3v) is 3.54. The van der Waals surface area contributed by atoms with E-state index in [0.29, 0.717) is 12.0 Å². The van der Waals surface area contributed by atoms with Crippen molar-refractivity contribution in [3.8, 4) is 0 Å². The highest BCUT2D eigenvalue weighted by atomic mass is 16.4. The smallest absolute Gasteiger partial charge is 0.331 e. The summed E-state index contributed by atoms with van der Waals surface area (Å²) in [6.45, 7) is 15.6. The largest absolute Gasteiger partial charge is 0.478 e. The molecule has 0 atom stereocenters. The van der Waals surface area contributed by atoms with Gasteiger partial charge in [-0.1, -0.05) is 34.3 Å². The molecular formula is C17H33NO2. The van der Waals surface area contributed by atoms with Crippen LogP contribution < -0.4 is 0 Å². The summed E-state index contributed by atoms with van der Waals surface area (Å²) in [5.74, 6) is 0.609. The Morgan fingerprint density at radius 2 is 1.45 bits per heavy atom. The molecule has 0 aromatic heterocycles. The highest BCUT2D eigenvalue weighted by molar-refractivity contribution is 5.85. The van der Waals surface area contributed by atoms with Gasteiger partial charge in [-0.2, -0.15) is 0 Å². The van der Waals surface area contributed by atoms with Gasteiger partial charge in [0.2, 0.25) is 0 Å². The number of hydrogen-bond acceptors (Lipinski definition) is 2. The molecule has 0 spiro atoms. The molecule has 0 aliphatic rings. The van der Waals surface area contributed by atoms with E-state index in [0.717, 1.165) is 31.5 Å². The van der Waals surface area contributed by atoms with E-state index in [1.165, 1.54) is 25.7 Å². The second-order valence-electron chi connectivity index (χ2n) is 6.57. The minimum absolute atomic E-state index is 0.322. The van der Waals surface area contributed by atoms with Gasteiger partial charge in [0.15, 0.2) is 0 Å².